The van der Waals surface area contributed by atoms with Gasteiger partial charge in [-0.3, -0.25) is 0 Å². The molecule has 2 unspecified atom stereocenters. The van der Waals surface area contributed by atoms with Crippen LogP contribution in [0, 0.1) is 0 Å². The fraction of sp³-hybridized carbons (Fsp3) is 0.417. The van der Waals surface area contributed by atoms with Gasteiger partial charge >= 0.3 is 0 Å². The van der Waals surface area contributed by atoms with E-state index >= 15 is 0 Å². The van der Waals surface area contributed by atoms with Gasteiger partial charge in [0.05, 0.1) is 19.2 Å². The highest BCUT2D eigenvalue weighted by molar-refractivity contribution is 5.78. The van der Waals surface area contributed by atoms with Gasteiger partial charge in [0, 0.05) is 6.42 Å². The monoisotopic (exact) mass is 221 g/mol. The molecule has 4 heteroatoms. The second-order valence-corrected chi connectivity index (χ2v) is 4.05. The molecule has 2 rings (SSSR count). The lowest BCUT2D eigenvalue weighted by atomic mass is 10.0. The van der Waals surface area contributed by atoms with Crippen LogP contribution in [0.2, 0.25) is 0 Å². The zero-order valence-corrected chi connectivity index (χ0v) is 9.23. The lowest BCUT2D eigenvalue weighted by molar-refractivity contribution is -0.311. The molecule has 1 saturated heterocycles. The van der Waals surface area contributed by atoms with E-state index in [1.165, 1.54) is 6.92 Å². The molecule has 1 aromatic carbocycles. The number of epoxide rings is 1. The van der Waals surface area contributed by atoms with Crippen LogP contribution in [0.1, 0.15) is 12.5 Å². The van der Waals surface area contributed by atoms with Crippen LogP contribution in [0.15, 0.2) is 24.3 Å². The minimum absolute atomic E-state index is 0.286. The molecular weight excluding hydrogens is 208 g/mol. The summed E-state index contributed by atoms with van der Waals surface area (Å²) < 4.78 is 10.2. The Morgan fingerprint density at radius 2 is 2.12 bits per heavy atom. The van der Waals surface area contributed by atoms with E-state index < -0.39 is 11.6 Å². The lowest BCUT2D eigenvalue weighted by Crippen LogP contribution is -2.38. The van der Waals surface area contributed by atoms with Gasteiger partial charge in [-0.25, -0.2) is 0 Å². The van der Waals surface area contributed by atoms with Crippen LogP contribution in [0.3, 0.4) is 0 Å². The summed E-state index contributed by atoms with van der Waals surface area (Å²) in [6.07, 6.45) is 0.292. The summed E-state index contributed by atoms with van der Waals surface area (Å²) in [6, 6.07) is 7.48. The molecule has 1 aromatic rings. The summed E-state index contributed by atoms with van der Waals surface area (Å²) in [5.41, 5.74) is -0.0873. The van der Waals surface area contributed by atoms with E-state index in [-0.39, 0.29) is 6.10 Å². The highest BCUT2D eigenvalue weighted by Crippen LogP contribution is 2.37. The van der Waals surface area contributed by atoms with Gasteiger partial charge in [-0.05, 0) is 24.6 Å². The summed E-state index contributed by atoms with van der Waals surface area (Å²) in [5.74, 6) is -0.367. The van der Waals surface area contributed by atoms with Crippen LogP contribution < -0.4 is 9.84 Å². The molecule has 1 aliphatic heterocycles. The molecule has 1 heterocycles. The number of hydrogen-bond acceptors (Lipinski definition) is 4. The molecule has 1 aliphatic rings. The molecule has 0 saturated carbocycles. The molecule has 2 atom stereocenters. The van der Waals surface area contributed by atoms with Crippen LogP contribution in [0.4, 0.5) is 0 Å². The number of ether oxygens (including phenoxy) is 2. The Morgan fingerprint density at radius 3 is 2.56 bits per heavy atom. The third-order valence-corrected chi connectivity index (χ3v) is 2.93. The van der Waals surface area contributed by atoms with E-state index in [1.54, 1.807) is 7.11 Å². The minimum atomic E-state index is -1.15. The summed E-state index contributed by atoms with van der Waals surface area (Å²) in [5, 5.41) is 10.7. The largest absolute Gasteiger partial charge is 0.547 e. The number of aliphatic carboxylic acids is 1. The van der Waals surface area contributed by atoms with Crippen LogP contribution in [0.5, 0.6) is 5.75 Å². The van der Waals surface area contributed by atoms with Crippen molar-refractivity contribution in [1.29, 1.82) is 0 Å². The van der Waals surface area contributed by atoms with Gasteiger partial charge in [-0.15, -0.1) is 0 Å². The number of benzene rings is 1. The Labute approximate surface area is 93.8 Å². The molecule has 1 fully saturated rings. The van der Waals surface area contributed by atoms with E-state index in [9.17, 15) is 9.90 Å². The SMILES string of the molecule is COc1ccc(CC2OC2(C)C(=O)[O-])cc1. The summed E-state index contributed by atoms with van der Waals surface area (Å²) >= 11 is 0. The zero-order valence-electron chi connectivity index (χ0n) is 9.23. The van der Waals surface area contributed by atoms with Gasteiger partial charge < -0.3 is 19.4 Å². The van der Waals surface area contributed by atoms with Gasteiger partial charge in [-0.2, -0.15) is 0 Å². The van der Waals surface area contributed by atoms with E-state index in [4.69, 9.17) is 9.47 Å². The molecule has 0 amide bonds. The van der Waals surface area contributed by atoms with Crippen LogP contribution in [-0.2, 0) is 16.0 Å². The maximum Gasteiger partial charge on any atom is 0.131 e. The number of methoxy groups -OCH3 is 1. The fourth-order valence-electron chi connectivity index (χ4n) is 1.65. The molecule has 0 aliphatic carbocycles. The van der Waals surface area contributed by atoms with Crippen molar-refractivity contribution < 1.29 is 19.4 Å². The molecule has 0 radical (unpaired) electrons. The van der Waals surface area contributed by atoms with Crippen LogP contribution >= 0.6 is 0 Å². The van der Waals surface area contributed by atoms with Crippen molar-refractivity contribution in [3.05, 3.63) is 29.8 Å². The van der Waals surface area contributed by atoms with E-state index in [0.717, 1.165) is 11.3 Å². The van der Waals surface area contributed by atoms with Crippen LogP contribution in [-0.4, -0.2) is 24.8 Å². The smallest absolute Gasteiger partial charge is 0.131 e. The average Bonchev–Trinajstić information content (AvgIpc) is 2.92. The molecular formula is C12H13O4-. The first-order chi connectivity index (χ1) is 7.56. The summed E-state index contributed by atoms with van der Waals surface area (Å²) in [6.45, 7) is 1.54. The van der Waals surface area contributed by atoms with Crippen molar-refractivity contribution in [3.8, 4) is 5.75 Å². The number of hydrogen-bond donors (Lipinski definition) is 0. The first-order valence-corrected chi connectivity index (χ1v) is 5.08. The Bertz CT molecular complexity index is 398. The third kappa shape index (κ3) is 1.88. The van der Waals surface area contributed by atoms with E-state index in [0.29, 0.717) is 6.42 Å². The first-order valence-electron chi connectivity index (χ1n) is 5.08. The van der Waals surface area contributed by atoms with Crippen molar-refractivity contribution in [2.75, 3.05) is 7.11 Å². The number of carbonyl (C=O) groups excluding carboxylic acids is 1. The Kier molecular flexibility index (Phi) is 2.59. The highest BCUT2D eigenvalue weighted by atomic mass is 16.6. The van der Waals surface area contributed by atoms with Gasteiger partial charge in [0.1, 0.15) is 11.4 Å². The van der Waals surface area contributed by atoms with E-state index in [1.807, 2.05) is 24.3 Å². The van der Waals surface area contributed by atoms with Crippen LogP contribution in [0.25, 0.3) is 0 Å². The number of carboxylic acids is 1. The molecule has 0 N–H and O–H groups in total. The lowest BCUT2D eigenvalue weighted by Gasteiger charge is -2.07. The van der Waals surface area contributed by atoms with Crippen molar-refractivity contribution in [2.24, 2.45) is 0 Å². The Balaban J connectivity index is 1.99. The van der Waals surface area contributed by atoms with Crippen molar-refractivity contribution in [2.45, 2.75) is 25.0 Å². The summed E-state index contributed by atoms with van der Waals surface area (Å²) in [7, 11) is 1.60. The molecule has 16 heavy (non-hydrogen) atoms. The second kappa shape index (κ2) is 3.79. The maximum absolute atomic E-state index is 10.7. The maximum atomic E-state index is 10.7. The first kappa shape index (κ1) is 11.0. The van der Waals surface area contributed by atoms with Crippen molar-refractivity contribution in [3.63, 3.8) is 0 Å². The predicted octanol–water partition coefficient (Wildman–Crippen LogP) is 0.145. The number of carboxylic acid groups (broad SMARTS) is 1. The van der Waals surface area contributed by atoms with Gasteiger partial charge in [0.2, 0.25) is 0 Å². The standard InChI is InChI=1S/C12H14O4/c1-12(11(13)14)10(16-12)7-8-3-5-9(15-2)6-4-8/h3-6,10H,7H2,1-2H3,(H,13,14)/p-1. The molecule has 4 nitrogen and oxygen atoms in total. The zero-order chi connectivity index (χ0) is 11.8. The minimum Gasteiger partial charge on any atom is -0.547 e. The number of rotatable bonds is 4. The second-order valence-electron chi connectivity index (χ2n) is 4.05. The Morgan fingerprint density at radius 1 is 1.50 bits per heavy atom. The molecule has 0 aromatic heterocycles. The van der Waals surface area contributed by atoms with E-state index in [2.05, 4.69) is 0 Å². The fourth-order valence-corrected chi connectivity index (χ4v) is 1.65. The normalized spacial score (nSPS) is 27.5. The quantitative estimate of drug-likeness (QED) is 0.679. The average molecular weight is 221 g/mol. The van der Waals surface area contributed by atoms with Gasteiger partial charge in [0.25, 0.3) is 0 Å². The van der Waals surface area contributed by atoms with Crippen molar-refractivity contribution in [1.82, 2.24) is 0 Å². The molecule has 0 spiro atoms. The van der Waals surface area contributed by atoms with Crippen molar-refractivity contribution >= 4 is 5.97 Å². The molecule has 0 bridgehead atoms. The predicted molar refractivity (Wildman–Crippen MR) is 55.0 cm³/mol. The Hall–Kier alpha value is -1.55. The van der Waals surface area contributed by atoms with Gasteiger partial charge in [-0.1, -0.05) is 12.1 Å². The summed E-state index contributed by atoms with van der Waals surface area (Å²) in [4.78, 5) is 10.7. The highest BCUT2D eigenvalue weighted by Gasteiger charge is 2.53. The molecule has 86 valence electrons. The van der Waals surface area contributed by atoms with Gasteiger partial charge in [0.15, 0.2) is 0 Å². The third-order valence-electron chi connectivity index (χ3n) is 2.93. The topological polar surface area (TPSA) is 61.9 Å². The number of carbonyl (C=O) groups is 1.